The van der Waals surface area contributed by atoms with Crippen LogP contribution < -0.4 is 10.1 Å². The summed E-state index contributed by atoms with van der Waals surface area (Å²) < 4.78 is 11.2. The molecule has 0 saturated carbocycles. The van der Waals surface area contributed by atoms with Crippen LogP contribution in [0.1, 0.15) is 83.0 Å². The molecule has 0 heterocycles. The SMILES string of the molecule is CC/C=C\C/C=C\C/C=C\C/C=C\CCOC(CC)C(=O)NC(CC(C)C)C(=O)Oc1ccccc1C(=O)O. The van der Waals surface area contributed by atoms with Gasteiger partial charge >= 0.3 is 11.9 Å². The zero-order valence-electron chi connectivity index (χ0n) is 23.8. The zero-order valence-corrected chi connectivity index (χ0v) is 23.8. The first-order valence-corrected chi connectivity index (χ1v) is 13.9. The number of esters is 1. The number of allylic oxidation sites excluding steroid dienone is 7. The van der Waals surface area contributed by atoms with Gasteiger partial charge in [0.05, 0.1) is 6.61 Å². The third kappa shape index (κ3) is 14.9. The summed E-state index contributed by atoms with van der Waals surface area (Å²) >= 11 is 0. The number of ether oxygens (including phenoxy) is 2. The molecule has 2 N–H and O–H groups in total. The van der Waals surface area contributed by atoms with Gasteiger partial charge in [-0.15, -0.1) is 0 Å². The number of amides is 1. The molecule has 0 aliphatic rings. The van der Waals surface area contributed by atoms with Crippen LogP contribution in [-0.2, 0) is 14.3 Å². The van der Waals surface area contributed by atoms with E-state index in [0.29, 0.717) is 25.9 Å². The predicted molar refractivity (Wildman–Crippen MR) is 156 cm³/mol. The highest BCUT2D eigenvalue weighted by Gasteiger charge is 2.28. The lowest BCUT2D eigenvalue weighted by molar-refractivity contribution is -0.143. The number of para-hydroxylation sites is 1. The molecule has 0 bridgehead atoms. The van der Waals surface area contributed by atoms with Crippen molar-refractivity contribution in [1.29, 1.82) is 0 Å². The maximum Gasteiger partial charge on any atom is 0.339 e. The number of benzene rings is 1. The average molecular weight is 540 g/mol. The molecule has 1 rings (SSSR count). The fraction of sp³-hybridized carbons (Fsp3) is 0.469. The van der Waals surface area contributed by atoms with Gasteiger partial charge < -0.3 is 19.9 Å². The largest absolute Gasteiger partial charge is 0.478 e. The predicted octanol–water partition coefficient (Wildman–Crippen LogP) is 6.81. The van der Waals surface area contributed by atoms with Crippen LogP contribution in [0.4, 0.5) is 0 Å². The number of carbonyl (C=O) groups excluding carboxylic acids is 2. The fourth-order valence-electron chi connectivity index (χ4n) is 3.62. The number of hydrogen-bond acceptors (Lipinski definition) is 5. The molecule has 7 nitrogen and oxygen atoms in total. The first-order valence-electron chi connectivity index (χ1n) is 13.9. The van der Waals surface area contributed by atoms with Gasteiger partial charge in [0.15, 0.2) is 0 Å². The second-order valence-corrected chi connectivity index (χ2v) is 9.47. The maximum absolute atomic E-state index is 12.9. The summed E-state index contributed by atoms with van der Waals surface area (Å²) in [4.78, 5) is 37.2. The van der Waals surface area contributed by atoms with E-state index in [1.807, 2.05) is 26.8 Å². The molecule has 2 atom stereocenters. The molecule has 1 aromatic rings. The van der Waals surface area contributed by atoms with E-state index < -0.39 is 30.0 Å². The number of carbonyl (C=O) groups is 3. The lowest BCUT2D eigenvalue weighted by Gasteiger charge is -2.22. The minimum Gasteiger partial charge on any atom is -0.478 e. The Morgan fingerprint density at radius 3 is 2.05 bits per heavy atom. The molecule has 1 aromatic carbocycles. The molecular weight excluding hydrogens is 494 g/mol. The van der Waals surface area contributed by atoms with E-state index in [0.717, 1.165) is 25.7 Å². The van der Waals surface area contributed by atoms with Gasteiger partial charge in [-0.1, -0.05) is 88.4 Å². The van der Waals surface area contributed by atoms with E-state index in [1.165, 1.54) is 12.1 Å². The molecule has 7 heteroatoms. The summed E-state index contributed by atoms with van der Waals surface area (Å²) in [7, 11) is 0. The summed E-state index contributed by atoms with van der Waals surface area (Å²) in [6.45, 7) is 8.20. The van der Waals surface area contributed by atoms with Crippen molar-refractivity contribution in [2.45, 2.75) is 84.8 Å². The first-order chi connectivity index (χ1) is 18.8. The lowest BCUT2D eigenvalue weighted by atomic mass is 10.0. The van der Waals surface area contributed by atoms with Crippen molar-refractivity contribution in [3.63, 3.8) is 0 Å². The Balaban J connectivity index is 2.52. The van der Waals surface area contributed by atoms with Crippen molar-refractivity contribution < 1.29 is 29.0 Å². The van der Waals surface area contributed by atoms with Crippen LogP contribution in [0.3, 0.4) is 0 Å². The molecular formula is C32H45NO6. The Kier molecular flexibility index (Phi) is 17.7. The van der Waals surface area contributed by atoms with E-state index in [-0.39, 0.29) is 17.2 Å². The summed E-state index contributed by atoms with van der Waals surface area (Å²) in [6.07, 6.45) is 21.6. The zero-order chi connectivity index (χ0) is 28.9. The van der Waals surface area contributed by atoms with Gasteiger partial charge in [-0.2, -0.15) is 0 Å². The van der Waals surface area contributed by atoms with Crippen LogP contribution in [0.25, 0.3) is 0 Å². The van der Waals surface area contributed by atoms with Crippen molar-refractivity contribution in [2.24, 2.45) is 5.92 Å². The highest BCUT2D eigenvalue weighted by atomic mass is 16.5. The average Bonchev–Trinajstić information content (AvgIpc) is 2.90. The number of carboxylic acid groups (broad SMARTS) is 1. The maximum atomic E-state index is 12.9. The van der Waals surface area contributed by atoms with Gasteiger partial charge in [0.25, 0.3) is 0 Å². The van der Waals surface area contributed by atoms with Crippen molar-refractivity contribution >= 4 is 17.8 Å². The number of nitrogens with one attached hydrogen (secondary N) is 1. The van der Waals surface area contributed by atoms with Crippen LogP contribution >= 0.6 is 0 Å². The van der Waals surface area contributed by atoms with Crippen LogP contribution in [0.15, 0.2) is 72.9 Å². The van der Waals surface area contributed by atoms with Gasteiger partial charge in [-0.25, -0.2) is 9.59 Å². The van der Waals surface area contributed by atoms with Gasteiger partial charge in [-0.05, 0) is 63.0 Å². The van der Waals surface area contributed by atoms with E-state index in [4.69, 9.17) is 9.47 Å². The lowest BCUT2D eigenvalue weighted by Crippen LogP contribution is -2.48. The molecule has 0 radical (unpaired) electrons. The summed E-state index contributed by atoms with van der Waals surface area (Å²) in [5, 5.41) is 12.1. The molecule has 1 amide bonds. The second-order valence-electron chi connectivity index (χ2n) is 9.47. The minimum atomic E-state index is -1.20. The number of hydrogen-bond donors (Lipinski definition) is 2. The Hall–Kier alpha value is -3.45. The van der Waals surface area contributed by atoms with Crippen LogP contribution in [0.2, 0.25) is 0 Å². The highest BCUT2D eigenvalue weighted by Crippen LogP contribution is 2.19. The quantitative estimate of drug-likeness (QED) is 0.0866. The molecule has 0 aliphatic heterocycles. The molecule has 2 unspecified atom stereocenters. The molecule has 0 aromatic heterocycles. The Labute approximate surface area is 233 Å². The molecule has 0 spiro atoms. The molecule has 0 fully saturated rings. The molecule has 214 valence electrons. The third-order valence-electron chi connectivity index (χ3n) is 5.62. The third-order valence-corrected chi connectivity index (χ3v) is 5.62. The highest BCUT2D eigenvalue weighted by molar-refractivity contribution is 5.93. The van der Waals surface area contributed by atoms with Crippen LogP contribution in [-0.4, -0.2) is 41.7 Å². The van der Waals surface area contributed by atoms with Crippen molar-refractivity contribution in [3.05, 3.63) is 78.4 Å². The molecule has 0 saturated heterocycles. The summed E-state index contributed by atoms with van der Waals surface area (Å²) in [5.41, 5.74) is -0.119. The van der Waals surface area contributed by atoms with Crippen LogP contribution in [0.5, 0.6) is 5.75 Å². The topological polar surface area (TPSA) is 102 Å². The fourth-order valence-corrected chi connectivity index (χ4v) is 3.62. The van der Waals surface area contributed by atoms with Gasteiger partial charge in [-0.3, -0.25) is 4.79 Å². The van der Waals surface area contributed by atoms with E-state index >= 15 is 0 Å². The molecule has 39 heavy (non-hydrogen) atoms. The van der Waals surface area contributed by atoms with Gasteiger partial charge in [0, 0.05) is 0 Å². The number of carboxylic acids is 1. The second kappa shape index (κ2) is 20.5. The van der Waals surface area contributed by atoms with E-state index in [9.17, 15) is 19.5 Å². The summed E-state index contributed by atoms with van der Waals surface area (Å²) in [6, 6.07) is 4.99. The Morgan fingerprint density at radius 2 is 1.49 bits per heavy atom. The minimum absolute atomic E-state index is 0.0563. The van der Waals surface area contributed by atoms with Crippen LogP contribution in [0, 0.1) is 5.92 Å². The summed E-state index contributed by atoms with van der Waals surface area (Å²) in [5.74, 6) is -2.26. The number of aromatic carboxylic acids is 1. The number of rotatable bonds is 19. The Morgan fingerprint density at radius 1 is 0.897 bits per heavy atom. The standard InChI is InChI=1S/C32H45NO6/c1-5-7-8-9-10-11-12-13-14-15-16-17-20-23-38-28(6-2)30(34)33-27(24-25(3)4)32(37)39-29-22-19-18-21-26(29)31(35)36/h7-8,10-11,13-14,16-19,21-22,25,27-28H,5-6,9,12,15,20,23-24H2,1-4H3,(H,33,34)(H,35,36)/b8-7-,11-10-,14-13-,17-16-. The van der Waals surface area contributed by atoms with Gasteiger partial charge in [0.1, 0.15) is 23.5 Å². The van der Waals surface area contributed by atoms with Gasteiger partial charge in [0.2, 0.25) is 5.91 Å². The van der Waals surface area contributed by atoms with Crippen molar-refractivity contribution in [2.75, 3.05) is 6.61 Å². The normalized spacial score (nSPS) is 13.6. The molecule has 0 aliphatic carbocycles. The monoisotopic (exact) mass is 539 g/mol. The van der Waals surface area contributed by atoms with Crippen molar-refractivity contribution in [1.82, 2.24) is 5.32 Å². The van der Waals surface area contributed by atoms with E-state index in [1.54, 1.807) is 12.1 Å². The first kappa shape index (κ1) is 33.6. The smallest absolute Gasteiger partial charge is 0.339 e. The van der Waals surface area contributed by atoms with E-state index in [2.05, 4.69) is 54.8 Å². The van der Waals surface area contributed by atoms with Crippen molar-refractivity contribution in [3.8, 4) is 5.75 Å². The Bertz CT molecular complexity index is 992.